The average Bonchev–Trinajstić information content (AvgIpc) is 2.80. The lowest BCUT2D eigenvalue weighted by Crippen LogP contribution is -2.40. The van der Waals surface area contributed by atoms with Gasteiger partial charge in [0.25, 0.3) is 5.91 Å². The number of ether oxygens (including phenoxy) is 1. The lowest BCUT2D eigenvalue weighted by atomic mass is 10.2. The van der Waals surface area contributed by atoms with Gasteiger partial charge in [-0.15, -0.1) is 0 Å². The Hall–Kier alpha value is -1.33. The molecule has 0 atom stereocenters. The van der Waals surface area contributed by atoms with Crippen molar-refractivity contribution in [1.82, 2.24) is 9.47 Å². The van der Waals surface area contributed by atoms with Gasteiger partial charge in [0.2, 0.25) is 0 Å². The topological polar surface area (TPSA) is 54.7 Å². The fourth-order valence-electron chi connectivity index (χ4n) is 1.84. The standard InChI is InChI=1S/C13H22N2O3/c1-11(2)15(7-9-16)13(17)12-5-4-6-14(12)8-10-18-3/h4-6,11,16H,7-10H2,1-3H3. The first kappa shape index (κ1) is 14.7. The van der Waals surface area contributed by atoms with E-state index < -0.39 is 0 Å². The summed E-state index contributed by atoms with van der Waals surface area (Å²) < 4.78 is 6.89. The Morgan fingerprint density at radius 1 is 1.56 bits per heavy atom. The van der Waals surface area contributed by atoms with Gasteiger partial charge in [-0.05, 0) is 26.0 Å². The molecule has 102 valence electrons. The highest BCUT2D eigenvalue weighted by molar-refractivity contribution is 5.93. The van der Waals surface area contributed by atoms with Crippen LogP contribution in [-0.2, 0) is 11.3 Å². The number of carbonyl (C=O) groups is 1. The van der Waals surface area contributed by atoms with E-state index >= 15 is 0 Å². The third kappa shape index (κ3) is 3.58. The number of amides is 1. The van der Waals surface area contributed by atoms with Crippen LogP contribution < -0.4 is 0 Å². The molecule has 0 bridgehead atoms. The molecule has 1 heterocycles. The molecule has 5 heteroatoms. The first-order valence-electron chi connectivity index (χ1n) is 6.17. The van der Waals surface area contributed by atoms with Gasteiger partial charge in [0.05, 0.1) is 13.2 Å². The number of rotatable bonds is 7. The van der Waals surface area contributed by atoms with Crippen LogP contribution in [0.2, 0.25) is 0 Å². The molecule has 1 amide bonds. The zero-order valence-electron chi connectivity index (χ0n) is 11.3. The smallest absolute Gasteiger partial charge is 0.270 e. The van der Waals surface area contributed by atoms with Crippen molar-refractivity contribution in [3.63, 3.8) is 0 Å². The second-order valence-corrected chi connectivity index (χ2v) is 4.40. The summed E-state index contributed by atoms with van der Waals surface area (Å²) in [6.07, 6.45) is 1.86. The summed E-state index contributed by atoms with van der Waals surface area (Å²) in [6, 6.07) is 3.71. The lowest BCUT2D eigenvalue weighted by molar-refractivity contribution is 0.0652. The molecule has 0 aliphatic heterocycles. The van der Waals surface area contributed by atoms with Crippen molar-refractivity contribution in [2.45, 2.75) is 26.4 Å². The van der Waals surface area contributed by atoms with Crippen molar-refractivity contribution in [3.8, 4) is 0 Å². The minimum atomic E-state index is -0.0554. The highest BCUT2D eigenvalue weighted by Crippen LogP contribution is 2.09. The molecule has 0 fully saturated rings. The van der Waals surface area contributed by atoms with Crippen molar-refractivity contribution in [3.05, 3.63) is 24.0 Å². The minimum absolute atomic E-state index is 0.0251. The predicted molar refractivity (Wildman–Crippen MR) is 69.6 cm³/mol. The molecule has 1 rings (SSSR count). The number of carbonyl (C=O) groups excluding carboxylic acids is 1. The third-order valence-electron chi connectivity index (χ3n) is 2.81. The summed E-state index contributed by atoms with van der Waals surface area (Å²) in [7, 11) is 1.64. The summed E-state index contributed by atoms with van der Waals surface area (Å²) >= 11 is 0. The van der Waals surface area contributed by atoms with Crippen LogP contribution in [0.3, 0.4) is 0 Å². The van der Waals surface area contributed by atoms with Gasteiger partial charge in [0, 0.05) is 32.4 Å². The maximum atomic E-state index is 12.4. The van der Waals surface area contributed by atoms with Crippen LogP contribution in [0.25, 0.3) is 0 Å². The fraction of sp³-hybridized carbons (Fsp3) is 0.615. The number of aliphatic hydroxyl groups excluding tert-OH is 1. The van der Waals surface area contributed by atoms with E-state index in [1.807, 2.05) is 30.7 Å². The SMILES string of the molecule is COCCn1cccc1C(=O)N(CCO)C(C)C. The van der Waals surface area contributed by atoms with Gasteiger partial charge in [0.15, 0.2) is 0 Å². The normalized spacial score (nSPS) is 10.9. The van der Waals surface area contributed by atoms with Gasteiger partial charge in [-0.3, -0.25) is 4.79 Å². The third-order valence-corrected chi connectivity index (χ3v) is 2.81. The molecule has 1 aromatic heterocycles. The van der Waals surface area contributed by atoms with E-state index in [9.17, 15) is 4.79 Å². The monoisotopic (exact) mass is 254 g/mol. The van der Waals surface area contributed by atoms with Gasteiger partial charge in [0.1, 0.15) is 5.69 Å². The van der Waals surface area contributed by atoms with Crippen LogP contribution >= 0.6 is 0 Å². The zero-order valence-corrected chi connectivity index (χ0v) is 11.3. The molecule has 1 N–H and O–H groups in total. The van der Waals surface area contributed by atoms with Gasteiger partial charge >= 0.3 is 0 Å². The van der Waals surface area contributed by atoms with Crippen molar-refractivity contribution < 1.29 is 14.6 Å². The van der Waals surface area contributed by atoms with Crippen molar-refractivity contribution in [2.75, 3.05) is 26.9 Å². The molecule has 0 aliphatic rings. The van der Waals surface area contributed by atoms with Crippen molar-refractivity contribution in [1.29, 1.82) is 0 Å². The van der Waals surface area contributed by atoms with Gasteiger partial charge in [-0.25, -0.2) is 0 Å². The van der Waals surface area contributed by atoms with Crippen LogP contribution in [0.15, 0.2) is 18.3 Å². The number of aliphatic hydroxyl groups is 1. The van der Waals surface area contributed by atoms with E-state index in [4.69, 9.17) is 9.84 Å². The summed E-state index contributed by atoms with van der Waals surface area (Å²) in [5.74, 6) is -0.0554. The minimum Gasteiger partial charge on any atom is -0.395 e. The number of aromatic nitrogens is 1. The Balaban J connectivity index is 2.84. The molecule has 0 aromatic carbocycles. The van der Waals surface area contributed by atoms with Crippen LogP contribution in [0.1, 0.15) is 24.3 Å². The Kier molecular flexibility index (Phi) is 5.88. The van der Waals surface area contributed by atoms with E-state index in [-0.39, 0.29) is 18.6 Å². The largest absolute Gasteiger partial charge is 0.395 e. The second-order valence-electron chi connectivity index (χ2n) is 4.40. The number of nitrogens with zero attached hydrogens (tertiary/aromatic N) is 2. The van der Waals surface area contributed by atoms with Crippen LogP contribution in [-0.4, -0.2) is 53.4 Å². The van der Waals surface area contributed by atoms with Crippen LogP contribution in [0.4, 0.5) is 0 Å². The Bertz CT molecular complexity index is 374. The molecule has 18 heavy (non-hydrogen) atoms. The maximum Gasteiger partial charge on any atom is 0.270 e. The van der Waals surface area contributed by atoms with E-state index in [0.29, 0.717) is 25.4 Å². The predicted octanol–water partition coefficient (Wildman–Crippen LogP) is 0.977. The quantitative estimate of drug-likeness (QED) is 0.789. The van der Waals surface area contributed by atoms with Gasteiger partial charge < -0.3 is 19.3 Å². The second kappa shape index (κ2) is 7.18. The summed E-state index contributed by atoms with van der Waals surface area (Å²) in [6.45, 7) is 5.42. The molecule has 1 aromatic rings. The first-order chi connectivity index (χ1) is 8.61. The van der Waals surface area contributed by atoms with Gasteiger partial charge in [-0.1, -0.05) is 0 Å². The molecule has 0 unspecified atom stereocenters. The van der Waals surface area contributed by atoms with Crippen molar-refractivity contribution in [2.24, 2.45) is 0 Å². The molecule has 5 nitrogen and oxygen atoms in total. The number of methoxy groups -OCH3 is 1. The molecule has 0 radical (unpaired) electrons. The van der Waals surface area contributed by atoms with E-state index in [2.05, 4.69) is 0 Å². The average molecular weight is 254 g/mol. The van der Waals surface area contributed by atoms with Crippen LogP contribution in [0.5, 0.6) is 0 Å². The molecule has 0 saturated heterocycles. The molecule has 0 aliphatic carbocycles. The Morgan fingerprint density at radius 2 is 2.28 bits per heavy atom. The molecular formula is C13H22N2O3. The zero-order chi connectivity index (χ0) is 13.5. The Morgan fingerprint density at radius 3 is 2.83 bits per heavy atom. The van der Waals surface area contributed by atoms with E-state index in [0.717, 1.165) is 0 Å². The summed E-state index contributed by atoms with van der Waals surface area (Å²) in [5.41, 5.74) is 0.634. The first-order valence-corrected chi connectivity index (χ1v) is 6.17. The summed E-state index contributed by atoms with van der Waals surface area (Å²) in [4.78, 5) is 14.0. The highest BCUT2D eigenvalue weighted by Gasteiger charge is 2.20. The number of hydrogen-bond acceptors (Lipinski definition) is 3. The van der Waals surface area contributed by atoms with Crippen LogP contribution in [0, 0.1) is 0 Å². The van der Waals surface area contributed by atoms with E-state index in [1.165, 1.54) is 0 Å². The van der Waals surface area contributed by atoms with E-state index in [1.54, 1.807) is 18.1 Å². The molecule has 0 saturated carbocycles. The lowest BCUT2D eigenvalue weighted by Gasteiger charge is -2.26. The maximum absolute atomic E-state index is 12.4. The highest BCUT2D eigenvalue weighted by atomic mass is 16.5. The molecular weight excluding hydrogens is 232 g/mol. The van der Waals surface area contributed by atoms with Crippen molar-refractivity contribution >= 4 is 5.91 Å². The number of hydrogen-bond donors (Lipinski definition) is 1. The Labute approximate surface area is 108 Å². The van der Waals surface area contributed by atoms with Gasteiger partial charge in [-0.2, -0.15) is 0 Å². The summed E-state index contributed by atoms with van der Waals surface area (Å²) in [5, 5.41) is 9.02. The fourth-order valence-corrected chi connectivity index (χ4v) is 1.84. The molecule has 0 spiro atoms.